The molecule has 24 heavy (non-hydrogen) atoms. The molecular formula is C19H22N2O2S. The SMILES string of the molecule is Cc1csc(C(=O)Nc2ccc3c(c2)N(C(=O)C(C)C)CCC3)c1. The average Bonchev–Trinajstić information content (AvgIpc) is 3.00. The number of rotatable bonds is 3. The minimum atomic E-state index is -0.106. The molecule has 0 bridgehead atoms. The van der Waals surface area contributed by atoms with Gasteiger partial charge in [-0.25, -0.2) is 0 Å². The maximum Gasteiger partial charge on any atom is 0.265 e. The molecule has 1 aromatic heterocycles. The van der Waals surface area contributed by atoms with E-state index in [1.165, 1.54) is 16.9 Å². The van der Waals surface area contributed by atoms with Crippen LogP contribution in [0.3, 0.4) is 0 Å². The van der Waals surface area contributed by atoms with Crippen LogP contribution in [0.15, 0.2) is 29.6 Å². The summed E-state index contributed by atoms with van der Waals surface area (Å²) >= 11 is 1.44. The molecule has 2 amide bonds. The minimum absolute atomic E-state index is 0.0386. The summed E-state index contributed by atoms with van der Waals surface area (Å²) < 4.78 is 0. The van der Waals surface area contributed by atoms with Crippen LogP contribution < -0.4 is 10.2 Å². The molecule has 2 aromatic rings. The fourth-order valence-corrected chi connectivity index (χ4v) is 3.73. The normalized spacial score (nSPS) is 13.8. The summed E-state index contributed by atoms with van der Waals surface area (Å²) in [4.78, 5) is 27.3. The van der Waals surface area contributed by atoms with Crippen LogP contribution in [0.2, 0.25) is 0 Å². The van der Waals surface area contributed by atoms with Gasteiger partial charge in [0.25, 0.3) is 5.91 Å². The maximum atomic E-state index is 12.5. The standard InChI is InChI=1S/C19H22N2O2S/c1-12(2)19(23)21-8-4-5-14-6-7-15(10-16(14)21)20-18(22)17-9-13(3)11-24-17/h6-7,9-12H,4-5,8H2,1-3H3,(H,20,22). The van der Waals surface area contributed by atoms with E-state index in [2.05, 4.69) is 5.32 Å². The second kappa shape index (κ2) is 6.77. The average molecular weight is 342 g/mol. The van der Waals surface area contributed by atoms with E-state index in [9.17, 15) is 9.59 Å². The molecule has 1 aliphatic rings. The highest BCUT2D eigenvalue weighted by molar-refractivity contribution is 7.12. The molecule has 0 atom stereocenters. The molecule has 1 aliphatic heterocycles. The number of hydrogen-bond acceptors (Lipinski definition) is 3. The smallest absolute Gasteiger partial charge is 0.265 e. The van der Waals surface area contributed by atoms with Crippen LogP contribution >= 0.6 is 11.3 Å². The first-order valence-corrected chi connectivity index (χ1v) is 9.14. The van der Waals surface area contributed by atoms with Crippen LogP contribution in [0.25, 0.3) is 0 Å². The van der Waals surface area contributed by atoms with E-state index in [1.54, 1.807) is 0 Å². The van der Waals surface area contributed by atoms with Crippen LogP contribution in [0.1, 0.15) is 41.1 Å². The van der Waals surface area contributed by atoms with E-state index in [0.29, 0.717) is 4.88 Å². The Hall–Kier alpha value is -2.14. The second-order valence-electron chi connectivity index (χ2n) is 6.53. The van der Waals surface area contributed by atoms with Crippen LogP contribution in [0.4, 0.5) is 11.4 Å². The Morgan fingerprint density at radius 1 is 1.25 bits per heavy atom. The van der Waals surface area contributed by atoms with Gasteiger partial charge in [-0.3, -0.25) is 9.59 Å². The molecule has 1 aromatic carbocycles. The lowest BCUT2D eigenvalue weighted by Gasteiger charge is -2.31. The van der Waals surface area contributed by atoms with Crippen molar-refractivity contribution in [1.29, 1.82) is 0 Å². The predicted molar refractivity (Wildman–Crippen MR) is 99.0 cm³/mol. The van der Waals surface area contributed by atoms with Gasteiger partial charge in [0, 0.05) is 23.8 Å². The van der Waals surface area contributed by atoms with Crippen LogP contribution in [-0.4, -0.2) is 18.4 Å². The number of nitrogens with one attached hydrogen (secondary N) is 1. The Bertz CT molecular complexity index is 779. The number of fused-ring (bicyclic) bond motifs is 1. The number of amides is 2. The fraction of sp³-hybridized carbons (Fsp3) is 0.368. The Labute approximate surface area is 146 Å². The molecule has 1 N–H and O–H groups in total. The van der Waals surface area contributed by atoms with Gasteiger partial charge >= 0.3 is 0 Å². The van der Waals surface area contributed by atoms with E-state index in [-0.39, 0.29) is 17.7 Å². The van der Waals surface area contributed by atoms with Crippen molar-refractivity contribution in [3.63, 3.8) is 0 Å². The second-order valence-corrected chi connectivity index (χ2v) is 7.45. The zero-order valence-corrected chi connectivity index (χ0v) is 15.1. The van der Waals surface area contributed by atoms with Crippen molar-refractivity contribution in [3.05, 3.63) is 45.6 Å². The molecule has 0 saturated heterocycles. The van der Waals surface area contributed by atoms with E-state index in [1.807, 2.05) is 55.3 Å². The highest BCUT2D eigenvalue weighted by atomic mass is 32.1. The van der Waals surface area contributed by atoms with E-state index < -0.39 is 0 Å². The van der Waals surface area contributed by atoms with Gasteiger partial charge in [0.05, 0.1) is 4.88 Å². The fourth-order valence-electron chi connectivity index (χ4n) is 2.94. The van der Waals surface area contributed by atoms with E-state index >= 15 is 0 Å². The number of nitrogens with zero attached hydrogens (tertiary/aromatic N) is 1. The Kier molecular flexibility index (Phi) is 4.71. The number of carbonyl (C=O) groups is 2. The number of carbonyl (C=O) groups excluding carboxylic acids is 2. The summed E-state index contributed by atoms with van der Waals surface area (Å²) in [7, 11) is 0. The highest BCUT2D eigenvalue weighted by Crippen LogP contribution is 2.31. The Balaban J connectivity index is 1.85. The monoisotopic (exact) mass is 342 g/mol. The lowest BCUT2D eigenvalue weighted by molar-refractivity contribution is -0.121. The van der Waals surface area contributed by atoms with Gasteiger partial charge in [-0.2, -0.15) is 0 Å². The summed E-state index contributed by atoms with van der Waals surface area (Å²) in [5.74, 6) is -0.0119. The van der Waals surface area contributed by atoms with Gasteiger partial charge in [0.1, 0.15) is 0 Å². The zero-order valence-electron chi connectivity index (χ0n) is 14.3. The van der Waals surface area contributed by atoms with Gasteiger partial charge in [-0.15, -0.1) is 11.3 Å². The van der Waals surface area contributed by atoms with Gasteiger partial charge in [0.2, 0.25) is 5.91 Å². The number of thiophene rings is 1. The minimum Gasteiger partial charge on any atom is -0.321 e. The van der Waals surface area contributed by atoms with Crippen molar-refractivity contribution < 1.29 is 9.59 Å². The van der Waals surface area contributed by atoms with Crippen molar-refractivity contribution >= 4 is 34.5 Å². The molecule has 0 saturated carbocycles. The summed E-state index contributed by atoms with van der Waals surface area (Å²) in [6, 6.07) is 7.74. The quantitative estimate of drug-likeness (QED) is 0.907. The molecular weight excluding hydrogens is 320 g/mol. The number of benzene rings is 1. The molecule has 3 rings (SSSR count). The van der Waals surface area contributed by atoms with Crippen molar-refractivity contribution in [3.8, 4) is 0 Å². The predicted octanol–water partition coefficient (Wildman–Crippen LogP) is 4.24. The molecule has 5 heteroatoms. The van der Waals surface area contributed by atoms with E-state index in [0.717, 1.165) is 36.3 Å². The summed E-state index contributed by atoms with van der Waals surface area (Å²) in [6.07, 6.45) is 1.95. The largest absolute Gasteiger partial charge is 0.321 e. The lowest BCUT2D eigenvalue weighted by Crippen LogP contribution is -2.38. The molecule has 2 heterocycles. The summed E-state index contributed by atoms with van der Waals surface area (Å²) in [5, 5.41) is 4.91. The van der Waals surface area contributed by atoms with Crippen LogP contribution in [0.5, 0.6) is 0 Å². The van der Waals surface area contributed by atoms with Crippen molar-refractivity contribution in [1.82, 2.24) is 0 Å². The van der Waals surface area contributed by atoms with Crippen LogP contribution in [0, 0.1) is 12.8 Å². The molecule has 4 nitrogen and oxygen atoms in total. The first-order chi connectivity index (χ1) is 11.5. The molecule has 126 valence electrons. The van der Waals surface area contributed by atoms with E-state index in [4.69, 9.17) is 0 Å². The number of anilines is 2. The van der Waals surface area contributed by atoms with Crippen molar-refractivity contribution in [2.24, 2.45) is 5.92 Å². The first-order valence-electron chi connectivity index (χ1n) is 8.26. The third kappa shape index (κ3) is 3.36. The Morgan fingerprint density at radius 3 is 2.71 bits per heavy atom. The van der Waals surface area contributed by atoms with Crippen LogP contribution in [-0.2, 0) is 11.2 Å². The topological polar surface area (TPSA) is 49.4 Å². The molecule has 0 aliphatic carbocycles. The highest BCUT2D eigenvalue weighted by Gasteiger charge is 2.24. The number of aryl methyl sites for hydroxylation is 2. The van der Waals surface area contributed by atoms with Crippen molar-refractivity contribution in [2.75, 3.05) is 16.8 Å². The number of hydrogen-bond donors (Lipinski definition) is 1. The molecule has 0 radical (unpaired) electrons. The summed E-state index contributed by atoms with van der Waals surface area (Å²) in [6.45, 7) is 6.55. The van der Waals surface area contributed by atoms with Gasteiger partial charge in [0.15, 0.2) is 0 Å². The third-order valence-corrected chi connectivity index (χ3v) is 5.22. The molecule has 0 fully saturated rings. The summed E-state index contributed by atoms with van der Waals surface area (Å²) in [5.41, 5.74) is 3.91. The zero-order chi connectivity index (χ0) is 17.3. The van der Waals surface area contributed by atoms with Crippen molar-refractivity contribution in [2.45, 2.75) is 33.6 Å². The lowest BCUT2D eigenvalue weighted by atomic mass is 9.99. The first kappa shape index (κ1) is 16.7. The molecule has 0 unspecified atom stereocenters. The third-order valence-electron chi connectivity index (χ3n) is 4.18. The van der Waals surface area contributed by atoms with Gasteiger partial charge < -0.3 is 10.2 Å². The van der Waals surface area contributed by atoms with Gasteiger partial charge in [-0.1, -0.05) is 19.9 Å². The van der Waals surface area contributed by atoms with Gasteiger partial charge in [-0.05, 0) is 54.5 Å². The Morgan fingerprint density at radius 2 is 2.04 bits per heavy atom. The maximum absolute atomic E-state index is 12.5. The molecule has 0 spiro atoms.